The number of nitrogens with one attached hydrogen (secondary N) is 2. The van der Waals surface area contributed by atoms with Crippen LogP contribution in [0.2, 0.25) is 5.02 Å². The molecule has 0 saturated heterocycles. The Kier molecular flexibility index (Phi) is 6.59. The monoisotopic (exact) mass is 358 g/mol. The molecule has 2 amide bonds. The Morgan fingerprint density at radius 2 is 1.56 bits per heavy atom. The van der Waals surface area contributed by atoms with Gasteiger partial charge in [0.1, 0.15) is 0 Å². The first-order valence-corrected chi connectivity index (χ1v) is 8.67. The van der Waals surface area contributed by atoms with E-state index in [-0.39, 0.29) is 6.04 Å². The molecular formula is C20H23ClN2O2. The minimum absolute atomic E-state index is 0.242. The van der Waals surface area contributed by atoms with Gasteiger partial charge >= 0.3 is 11.8 Å². The lowest BCUT2D eigenvalue weighted by molar-refractivity contribution is -0.136. The van der Waals surface area contributed by atoms with E-state index in [1.807, 2.05) is 31.2 Å². The molecule has 0 fully saturated rings. The maximum absolute atomic E-state index is 12.3. The van der Waals surface area contributed by atoms with E-state index in [1.54, 1.807) is 24.3 Å². The van der Waals surface area contributed by atoms with Crippen LogP contribution < -0.4 is 10.6 Å². The van der Waals surface area contributed by atoms with Gasteiger partial charge in [0.05, 0.1) is 6.04 Å². The number of halogens is 1. The number of aryl methyl sites for hydroxylation is 1. The summed E-state index contributed by atoms with van der Waals surface area (Å²) in [5, 5.41) is 6.07. The predicted octanol–water partition coefficient (Wildman–Crippen LogP) is 4.49. The molecular weight excluding hydrogens is 336 g/mol. The van der Waals surface area contributed by atoms with Gasteiger partial charge in [0, 0.05) is 10.7 Å². The average Bonchev–Trinajstić information content (AvgIpc) is 2.56. The van der Waals surface area contributed by atoms with E-state index in [1.165, 1.54) is 0 Å². The van der Waals surface area contributed by atoms with Crippen molar-refractivity contribution >= 4 is 29.1 Å². The zero-order valence-corrected chi connectivity index (χ0v) is 15.4. The summed E-state index contributed by atoms with van der Waals surface area (Å²) in [5.74, 6) is -0.964. The molecule has 0 bridgehead atoms. The Hall–Kier alpha value is -2.33. The van der Waals surface area contributed by atoms with Gasteiger partial charge in [-0.1, -0.05) is 55.3 Å². The number of amides is 2. The molecule has 132 valence electrons. The molecule has 0 saturated carbocycles. The molecule has 0 aliphatic carbocycles. The Balaban J connectivity index is 2.06. The summed E-state index contributed by atoms with van der Waals surface area (Å²) >= 11 is 5.93. The number of benzene rings is 2. The highest BCUT2D eigenvalue weighted by molar-refractivity contribution is 6.39. The van der Waals surface area contributed by atoms with Crippen molar-refractivity contribution < 1.29 is 9.59 Å². The number of hydrogen-bond donors (Lipinski definition) is 2. The molecule has 5 heteroatoms. The van der Waals surface area contributed by atoms with Gasteiger partial charge in [-0.2, -0.15) is 0 Å². The third-order valence-corrected chi connectivity index (χ3v) is 4.05. The summed E-state index contributed by atoms with van der Waals surface area (Å²) < 4.78 is 0. The fourth-order valence-corrected chi connectivity index (χ4v) is 2.62. The summed E-state index contributed by atoms with van der Waals surface area (Å²) in [6.07, 6.45) is 0.727. The van der Waals surface area contributed by atoms with E-state index < -0.39 is 11.8 Å². The second kappa shape index (κ2) is 8.67. The molecule has 2 aromatic rings. The van der Waals surface area contributed by atoms with E-state index in [2.05, 4.69) is 24.5 Å². The van der Waals surface area contributed by atoms with Crippen molar-refractivity contribution in [3.05, 3.63) is 64.7 Å². The molecule has 2 N–H and O–H groups in total. The highest BCUT2D eigenvalue weighted by atomic mass is 35.5. The molecule has 0 aliphatic rings. The van der Waals surface area contributed by atoms with Gasteiger partial charge in [-0.05, 0) is 49.1 Å². The van der Waals surface area contributed by atoms with Crippen LogP contribution in [0.4, 0.5) is 5.69 Å². The van der Waals surface area contributed by atoms with Gasteiger partial charge in [0.15, 0.2) is 0 Å². The van der Waals surface area contributed by atoms with Crippen LogP contribution in [-0.2, 0) is 9.59 Å². The van der Waals surface area contributed by atoms with Crippen molar-refractivity contribution in [3.8, 4) is 0 Å². The predicted molar refractivity (Wildman–Crippen MR) is 102 cm³/mol. The number of rotatable bonds is 5. The van der Waals surface area contributed by atoms with Crippen molar-refractivity contribution in [2.45, 2.75) is 33.2 Å². The Morgan fingerprint density at radius 1 is 0.960 bits per heavy atom. The lowest BCUT2D eigenvalue weighted by Crippen LogP contribution is -2.38. The van der Waals surface area contributed by atoms with Crippen LogP contribution in [0.3, 0.4) is 0 Å². The zero-order chi connectivity index (χ0) is 18.4. The molecule has 2 aromatic carbocycles. The smallest absolute Gasteiger partial charge is 0.313 e. The standard InChI is InChI=1S/C20H23ClN2O2/c1-13(2)12-18(15-6-8-16(21)9-7-15)23-20(25)19(24)22-17-10-4-14(3)5-11-17/h4-11,13,18H,12H2,1-3H3,(H,22,24)(H,23,25)/t18-/m1/s1. The van der Waals surface area contributed by atoms with Crippen molar-refractivity contribution in [1.82, 2.24) is 5.32 Å². The Morgan fingerprint density at radius 3 is 2.12 bits per heavy atom. The SMILES string of the molecule is Cc1ccc(NC(=O)C(=O)N[C@H](CC(C)C)c2ccc(Cl)cc2)cc1. The van der Waals surface area contributed by atoms with E-state index in [4.69, 9.17) is 11.6 Å². The third-order valence-electron chi connectivity index (χ3n) is 3.80. The van der Waals surface area contributed by atoms with Crippen LogP contribution in [0.25, 0.3) is 0 Å². The lowest BCUT2D eigenvalue weighted by Gasteiger charge is -2.21. The molecule has 0 heterocycles. The highest BCUT2D eigenvalue weighted by Gasteiger charge is 2.21. The van der Waals surface area contributed by atoms with Crippen molar-refractivity contribution in [3.63, 3.8) is 0 Å². The molecule has 1 atom stereocenters. The number of carbonyl (C=O) groups excluding carboxylic acids is 2. The molecule has 0 aliphatic heterocycles. The first kappa shape index (κ1) is 19.0. The van der Waals surface area contributed by atoms with Crippen LogP contribution in [0.5, 0.6) is 0 Å². The van der Waals surface area contributed by atoms with E-state index >= 15 is 0 Å². The van der Waals surface area contributed by atoms with Crippen LogP contribution in [0.1, 0.15) is 37.4 Å². The summed E-state index contributed by atoms with van der Waals surface area (Å²) in [7, 11) is 0. The minimum Gasteiger partial charge on any atom is -0.341 e. The average molecular weight is 359 g/mol. The van der Waals surface area contributed by atoms with E-state index in [0.717, 1.165) is 17.5 Å². The van der Waals surface area contributed by atoms with E-state index in [9.17, 15) is 9.59 Å². The van der Waals surface area contributed by atoms with Crippen LogP contribution in [0.15, 0.2) is 48.5 Å². The van der Waals surface area contributed by atoms with Crippen LogP contribution in [0, 0.1) is 12.8 Å². The fourth-order valence-electron chi connectivity index (χ4n) is 2.49. The first-order valence-electron chi connectivity index (χ1n) is 8.29. The lowest BCUT2D eigenvalue weighted by atomic mass is 9.97. The molecule has 0 unspecified atom stereocenters. The van der Waals surface area contributed by atoms with Gasteiger partial charge < -0.3 is 10.6 Å². The zero-order valence-electron chi connectivity index (χ0n) is 14.7. The number of anilines is 1. The second-order valence-electron chi connectivity index (χ2n) is 6.53. The summed E-state index contributed by atoms with van der Waals surface area (Å²) in [6.45, 7) is 6.10. The first-order chi connectivity index (χ1) is 11.8. The molecule has 0 radical (unpaired) electrons. The summed E-state index contributed by atoms with van der Waals surface area (Å²) in [6, 6.07) is 14.3. The Bertz CT molecular complexity index is 724. The van der Waals surface area contributed by atoms with Crippen LogP contribution in [-0.4, -0.2) is 11.8 Å². The molecule has 2 rings (SSSR count). The van der Waals surface area contributed by atoms with E-state index in [0.29, 0.717) is 16.6 Å². The topological polar surface area (TPSA) is 58.2 Å². The molecule has 4 nitrogen and oxygen atoms in total. The highest BCUT2D eigenvalue weighted by Crippen LogP contribution is 2.23. The summed E-state index contributed by atoms with van der Waals surface area (Å²) in [4.78, 5) is 24.5. The largest absolute Gasteiger partial charge is 0.341 e. The number of carbonyl (C=O) groups is 2. The van der Waals surface area contributed by atoms with Crippen LogP contribution >= 0.6 is 11.6 Å². The van der Waals surface area contributed by atoms with Gasteiger partial charge in [0.25, 0.3) is 0 Å². The second-order valence-corrected chi connectivity index (χ2v) is 6.96. The van der Waals surface area contributed by atoms with Crippen molar-refractivity contribution in [2.24, 2.45) is 5.92 Å². The van der Waals surface area contributed by atoms with Gasteiger partial charge in [-0.25, -0.2) is 0 Å². The minimum atomic E-state index is -0.674. The van der Waals surface area contributed by atoms with Gasteiger partial charge in [-0.15, -0.1) is 0 Å². The summed E-state index contributed by atoms with van der Waals surface area (Å²) in [5.41, 5.74) is 2.61. The number of hydrogen-bond acceptors (Lipinski definition) is 2. The maximum Gasteiger partial charge on any atom is 0.313 e. The van der Waals surface area contributed by atoms with Gasteiger partial charge in [-0.3, -0.25) is 9.59 Å². The Labute approximate surface area is 153 Å². The third kappa shape index (κ3) is 5.91. The maximum atomic E-state index is 12.3. The fraction of sp³-hybridized carbons (Fsp3) is 0.300. The quantitative estimate of drug-likeness (QED) is 0.773. The normalized spacial score (nSPS) is 11.9. The molecule has 0 spiro atoms. The van der Waals surface area contributed by atoms with Crippen molar-refractivity contribution in [1.29, 1.82) is 0 Å². The van der Waals surface area contributed by atoms with Crippen molar-refractivity contribution in [2.75, 3.05) is 5.32 Å². The van der Waals surface area contributed by atoms with Gasteiger partial charge in [0.2, 0.25) is 0 Å². The molecule has 25 heavy (non-hydrogen) atoms. The molecule has 0 aromatic heterocycles.